The number of carbonyl (C=O) groups is 1. The fraction of sp³-hybridized carbons (Fsp3) is 0.250. The zero-order chi connectivity index (χ0) is 17.8. The van der Waals surface area contributed by atoms with Crippen LogP contribution in [0, 0.1) is 6.92 Å². The number of H-pyrrole nitrogens is 1. The lowest BCUT2D eigenvalue weighted by atomic mass is 10.2. The predicted octanol–water partition coefficient (Wildman–Crippen LogP) is 4.04. The van der Waals surface area contributed by atoms with E-state index >= 15 is 0 Å². The maximum Gasteiger partial charge on any atom is 0.249 e. The number of benzene rings is 1. The first-order valence-electron chi connectivity index (χ1n) is 7.61. The summed E-state index contributed by atoms with van der Waals surface area (Å²) in [4.78, 5) is 11.9. The smallest absolute Gasteiger partial charge is 0.249 e. The van der Waals surface area contributed by atoms with Gasteiger partial charge in [-0.3, -0.25) is 9.89 Å². The lowest BCUT2D eigenvalue weighted by Crippen LogP contribution is -2.11. The van der Waals surface area contributed by atoms with Gasteiger partial charge in [-0.05, 0) is 31.5 Å². The zero-order valence-electron chi connectivity index (χ0n) is 13.3. The van der Waals surface area contributed by atoms with Crippen LogP contribution in [0.25, 0.3) is 11.5 Å². The Morgan fingerprint density at radius 3 is 2.84 bits per heavy atom. The summed E-state index contributed by atoms with van der Waals surface area (Å²) in [7, 11) is 0. The fourth-order valence-corrected chi connectivity index (χ4v) is 2.70. The Labute approximate surface area is 153 Å². The number of aromatic amines is 1. The van der Waals surface area contributed by atoms with Crippen molar-refractivity contribution in [3.63, 3.8) is 0 Å². The second kappa shape index (κ2) is 7.67. The number of nitrogens with one attached hydrogen (secondary N) is 2. The molecule has 7 nitrogen and oxygen atoms in total. The Hall–Kier alpha value is -2.38. The topological polar surface area (TPSA) is 96.7 Å². The van der Waals surface area contributed by atoms with Crippen molar-refractivity contribution in [2.75, 3.05) is 5.32 Å². The van der Waals surface area contributed by atoms with Gasteiger partial charge in [0, 0.05) is 29.6 Å². The monoisotopic (exact) mass is 379 g/mol. The highest BCUT2D eigenvalue weighted by atomic mass is 35.5. The summed E-state index contributed by atoms with van der Waals surface area (Å²) >= 11 is 12.0. The maximum absolute atomic E-state index is 11.9. The third kappa shape index (κ3) is 4.58. The van der Waals surface area contributed by atoms with Gasteiger partial charge in [0.1, 0.15) is 0 Å². The number of rotatable bonds is 6. The molecule has 0 fully saturated rings. The molecule has 0 radical (unpaired) electrons. The van der Waals surface area contributed by atoms with E-state index < -0.39 is 0 Å². The van der Waals surface area contributed by atoms with Crippen LogP contribution in [0.1, 0.15) is 24.4 Å². The number of nitrogens with zero attached hydrogens (tertiary/aromatic N) is 3. The van der Waals surface area contributed by atoms with Gasteiger partial charge in [-0.1, -0.05) is 23.2 Å². The van der Waals surface area contributed by atoms with Crippen LogP contribution in [-0.4, -0.2) is 26.3 Å². The van der Waals surface area contributed by atoms with E-state index in [2.05, 4.69) is 25.7 Å². The molecular formula is C16H15Cl2N5O2. The number of halogens is 2. The van der Waals surface area contributed by atoms with Gasteiger partial charge in [0.2, 0.25) is 17.7 Å². The molecule has 2 aromatic heterocycles. The number of amides is 1. The van der Waals surface area contributed by atoms with E-state index in [1.807, 2.05) is 6.92 Å². The molecule has 0 unspecified atom stereocenters. The highest BCUT2D eigenvalue weighted by Crippen LogP contribution is 2.29. The van der Waals surface area contributed by atoms with Crippen LogP contribution < -0.4 is 5.32 Å². The second-order valence-electron chi connectivity index (χ2n) is 5.46. The van der Waals surface area contributed by atoms with Crippen molar-refractivity contribution in [3.8, 4) is 11.5 Å². The Morgan fingerprint density at radius 1 is 1.28 bits per heavy atom. The predicted molar refractivity (Wildman–Crippen MR) is 94.6 cm³/mol. The molecule has 3 rings (SSSR count). The third-order valence-corrected chi connectivity index (χ3v) is 3.94. The molecule has 0 saturated heterocycles. The summed E-state index contributed by atoms with van der Waals surface area (Å²) in [5, 5.41) is 18.4. The van der Waals surface area contributed by atoms with Gasteiger partial charge in [-0.25, -0.2) is 0 Å². The summed E-state index contributed by atoms with van der Waals surface area (Å²) < 4.78 is 5.60. The Balaban J connectivity index is 1.52. The molecule has 2 heterocycles. The molecule has 0 saturated carbocycles. The van der Waals surface area contributed by atoms with Gasteiger partial charge < -0.3 is 9.73 Å². The molecule has 0 spiro atoms. The van der Waals surface area contributed by atoms with E-state index in [1.165, 1.54) is 0 Å². The van der Waals surface area contributed by atoms with Gasteiger partial charge in [-0.2, -0.15) is 5.10 Å². The van der Waals surface area contributed by atoms with Gasteiger partial charge in [0.05, 0.1) is 10.6 Å². The molecule has 0 aliphatic carbocycles. The number of hydrogen-bond acceptors (Lipinski definition) is 5. The first-order valence-corrected chi connectivity index (χ1v) is 8.36. The molecule has 0 bridgehead atoms. The molecule has 25 heavy (non-hydrogen) atoms. The van der Waals surface area contributed by atoms with E-state index in [9.17, 15) is 4.79 Å². The van der Waals surface area contributed by atoms with Crippen molar-refractivity contribution in [2.45, 2.75) is 26.2 Å². The number of carbonyl (C=O) groups excluding carboxylic acids is 1. The molecule has 3 aromatic rings. The molecule has 0 aliphatic heterocycles. The van der Waals surface area contributed by atoms with Gasteiger partial charge in [-0.15, -0.1) is 10.2 Å². The number of anilines is 1. The van der Waals surface area contributed by atoms with Gasteiger partial charge in [0.25, 0.3) is 0 Å². The normalized spacial score (nSPS) is 10.8. The van der Waals surface area contributed by atoms with E-state index in [-0.39, 0.29) is 5.91 Å². The van der Waals surface area contributed by atoms with E-state index in [0.29, 0.717) is 52.5 Å². The molecule has 0 atom stereocenters. The Bertz CT molecular complexity index is 890. The van der Waals surface area contributed by atoms with Crippen molar-refractivity contribution in [3.05, 3.63) is 45.9 Å². The van der Waals surface area contributed by atoms with Crippen LogP contribution in [-0.2, 0) is 11.2 Å². The fourth-order valence-electron chi connectivity index (χ4n) is 2.21. The highest BCUT2D eigenvalue weighted by Gasteiger charge is 2.13. The van der Waals surface area contributed by atoms with Crippen LogP contribution in [0.4, 0.5) is 5.82 Å². The summed E-state index contributed by atoms with van der Waals surface area (Å²) in [6.07, 6.45) is 1.39. The van der Waals surface area contributed by atoms with E-state index in [1.54, 1.807) is 24.3 Å². The zero-order valence-corrected chi connectivity index (χ0v) is 14.9. The van der Waals surface area contributed by atoms with Crippen molar-refractivity contribution < 1.29 is 9.21 Å². The van der Waals surface area contributed by atoms with Crippen molar-refractivity contribution >= 4 is 34.9 Å². The standard InChI is InChI=1S/C16H15Cl2N5O2/c1-9-7-13(21-20-9)19-14(24)3-2-4-15-22-23-16(25-15)11-6-5-10(17)8-12(11)18/h5-8H,2-4H2,1H3,(H2,19,20,21,24). The molecule has 1 aromatic carbocycles. The summed E-state index contributed by atoms with van der Waals surface area (Å²) in [5.41, 5.74) is 1.51. The minimum atomic E-state index is -0.119. The van der Waals surface area contributed by atoms with E-state index in [0.717, 1.165) is 5.69 Å². The molecule has 9 heteroatoms. The van der Waals surface area contributed by atoms with Crippen LogP contribution in [0.5, 0.6) is 0 Å². The number of aromatic nitrogens is 4. The SMILES string of the molecule is Cc1cc(NC(=O)CCCc2nnc(-c3ccc(Cl)cc3Cl)o2)n[nH]1. The van der Waals surface area contributed by atoms with Gasteiger partial charge >= 0.3 is 0 Å². The van der Waals surface area contributed by atoms with Crippen LogP contribution in [0.15, 0.2) is 28.7 Å². The molecular weight excluding hydrogens is 365 g/mol. The molecule has 130 valence electrons. The van der Waals surface area contributed by atoms with E-state index in [4.69, 9.17) is 27.6 Å². The summed E-state index contributed by atoms with van der Waals surface area (Å²) in [6.45, 7) is 1.86. The first-order chi connectivity index (χ1) is 12.0. The largest absolute Gasteiger partial charge is 0.421 e. The maximum atomic E-state index is 11.9. The third-order valence-electron chi connectivity index (χ3n) is 3.40. The average molecular weight is 380 g/mol. The highest BCUT2D eigenvalue weighted by molar-refractivity contribution is 6.36. The van der Waals surface area contributed by atoms with Crippen molar-refractivity contribution in [1.29, 1.82) is 0 Å². The quantitative estimate of drug-likeness (QED) is 0.673. The Morgan fingerprint density at radius 2 is 2.12 bits per heavy atom. The molecule has 1 amide bonds. The summed E-state index contributed by atoms with van der Waals surface area (Å²) in [6, 6.07) is 6.80. The van der Waals surface area contributed by atoms with Gasteiger partial charge in [0.15, 0.2) is 5.82 Å². The lowest BCUT2D eigenvalue weighted by molar-refractivity contribution is -0.116. The lowest BCUT2D eigenvalue weighted by Gasteiger charge is -2.00. The first kappa shape index (κ1) is 17.4. The number of hydrogen-bond donors (Lipinski definition) is 2. The minimum Gasteiger partial charge on any atom is -0.421 e. The number of aryl methyl sites for hydroxylation is 2. The summed E-state index contributed by atoms with van der Waals surface area (Å²) in [5.74, 6) is 1.17. The second-order valence-corrected chi connectivity index (χ2v) is 6.31. The van der Waals surface area contributed by atoms with Crippen molar-refractivity contribution in [1.82, 2.24) is 20.4 Å². The van der Waals surface area contributed by atoms with Crippen LogP contribution >= 0.6 is 23.2 Å². The van der Waals surface area contributed by atoms with Crippen LogP contribution in [0.2, 0.25) is 10.0 Å². The molecule has 2 N–H and O–H groups in total. The average Bonchev–Trinajstić information content (AvgIpc) is 3.17. The Kier molecular flexibility index (Phi) is 5.35. The van der Waals surface area contributed by atoms with Crippen molar-refractivity contribution in [2.24, 2.45) is 0 Å². The minimum absolute atomic E-state index is 0.119. The van der Waals surface area contributed by atoms with Crippen LogP contribution in [0.3, 0.4) is 0 Å². The molecule has 0 aliphatic rings.